The number of methoxy groups -OCH3 is 1. The summed E-state index contributed by atoms with van der Waals surface area (Å²) in [4.78, 5) is 11.9. The van der Waals surface area contributed by atoms with Crippen LogP contribution in [0.4, 0.5) is 5.82 Å². The lowest BCUT2D eigenvalue weighted by Gasteiger charge is -2.34. The van der Waals surface area contributed by atoms with E-state index >= 15 is 0 Å². The summed E-state index contributed by atoms with van der Waals surface area (Å²) in [5, 5.41) is 4.41. The molecule has 0 saturated carbocycles. The van der Waals surface area contributed by atoms with Gasteiger partial charge in [-0.2, -0.15) is 5.10 Å². The first-order valence-corrected chi connectivity index (χ1v) is 8.59. The average molecular weight is 329 g/mol. The van der Waals surface area contributed by atoms with Crippen LogP contribution in [-0.2, 0) is 16.8 Å². The molecule has 1 aliphatic heterocycles. The lowest BCUT2D eigenvalue weighted by atomic mass is 9.95. The van der Waals surface area contributed by atoms with Crippen molar-refractivity contribution in [2.24, 2.45) is 0 Å². The topological polar surface area (TPSA) is 56.1 Å². The predicted octanol–water partition coefficient (Wildman–Crippen LogP) is 2.96. The molecular weight excluding hydrogens is 302 g/mol. The molecule has 1 aliphatic rings. The Hall–Kier alpha value is -1.95. The van der Waals surface area contributed by atoms with Crippen LogP contribution in [0.5, 0.6) is 0 Å². The molecule has 3 rings (SSSR count). The summed E-state index contributed by atoms with van der Waals surface area (Å²) in [6, 6.07) is 4.44. The molecule has 24 heavy (non-hydrogen) atoms. The number of anilines is 1. The highest BCUT2D eigenvalue weighted by molar-refractivity contribution is 5.41. The number of aromatic nitrogens is 4. The van der Waals surface area contributed by atoms with Gasteiger partial charge in [-0.05, 0) is 18.9 Å². The first-order valence-electron chi connectivity index (χ1n) is 8.59. The van der Waals surface area contributed by atoms with Crippen molar-refractivity contribution in [1.82, 2.24) is 19.7 Å². The smallest absolute Gasteiger partial charge is 0.136 e. The van der Waals surface area contributed by atoms with Gasteiger partial charge in [0.05, 0.1) is 18.3 Å². The maximum Gasteiger partial charge on any atom is 0.136 e. The molecule has 0 aliphatic carbocycles. The molecule has 0 bridgehead atoms. The van der Waals surface area contributed by atoms with Crippen LogP contribution < -0.4 is 4.90 Å². The second kappa shape index (κ2) is 6.89. The van der Waals surface area contributed by atoms with Gasteiger partial charge in [0.25, 0.3) is 0 Å². The molecule has 6 heteroatoms. The highest BCUT2D eigenvalue weighted by atomic mass is 16.5. The maximum absolute atomic E-state index is 5.30. The van der Waals surface area contributed by atoms with Crippen molar-refractivity contribution in [2.75, 3.05) is 25.1 Å². The minimum absolute atomic E-state index is 0.0876. The van der Waals surface area contributed by atoms with E-state index in [4.69, 9.17) is 9.72 Å². The van der Waals surface area contributed by atoms with Crippen LogP contribution in [0.25, 0.3) is 0 Å². The van der Waals surface area contributed by atoms with Gasteiger partial charge in [0.1, 0.15) is 11.6 Å². The molecule has 2 aromatic rings. The van der Waals surface area contributed by atoms with Crippen molar-refractivity contribution in [3.8, 4) is 0 Å². The molecule has 1 unspecified atom stereocenters. The Morgan fingerprint density at radius 2 is 2.12 bits per heavy atom. The van der Waals surface area contributed by atoms with Crippen LogP contribution in [0.15, 0.2) is 24.5 Å². The Kier molecular flexibility index (Phi) is 4.85. The van der Waals surface area contributed by atoms with Crippen molar-refractivity contribution in [2.45, 2.75) is 51.7 Å². The number of piperidine rings is 1. The Morgan fingerprint density at radius 3 is 2.79 bits per heavy atom. The summed E-state index contributed by atoms with van der Waals surface area (Å²) in [7, 11) is 1.70. The quantitative estimate of drug-likeness (QED) is 0.863. The van der Waals surface area contributed by atoms with E-state index in [0.29, 0.717) is 12.6 Å². The highest BCUT2D eigenvalue weighted by Crippen LogP contribution is 2.27. The Bertz CT molecular complexity index is 663. The normalized spacial score (nSPS) is 18.8. The monoisotopic (exact) mass is 329 g/mol. The zero-order valence-corrected chi connectivity index (χ0v) is 15.1. The third-order valence-electron chi connectivity index (χ3n) is 4.35. The fourth-order valence-corrected chi connectivity index (χ4v) is 3.08. The summed E-state index contributed by atoms with van der Waals surface area (Å²) >= 11 is 0. The second-order valence-corrected chi connectivity index (χ2v) is 7.45. The van der Waals surface area contributed by atoms with E-state index in [0.717, 1.165) is 43.3 Å². The minimum atomic E-state index is -0.0876. The zero-order chi connectivity index (χ0) is 17.2. The second-order valence-electron chi connectivity index (χ2n) is 7.45. The van der Waals surface area contributed by atoms with Crippen LogP contribution >= 0.6 is 0 Å². The summed E-state index contributed by atoms with van der Waals surface area (Å²) in [5.41, 5.74) is 0.851. The summed E-state index contributed by atoms with van der Waals surface area (Å²) in [6.45, 7) is 8.89. The van der Waals surface area contributed by atoms with E-state index in [1.807, 2.05) is 18.5 Å². The van der Waals surface area contributed by atoms with Crippen LogP contribution in [-0.4, -0.2) is 39.9 Å². The molecule has 0 spiro atoms. The van der Waals surface area contributed by atoms with Gasteiger partial charge in [-0.25, -0.2) is 9.97 Å². The number of hydrogen-bond acceptors (Lipinski definition) is 5. The van der Waals surface area contributed by atoms with Crippen LogP contribution in [0.2, 0.25) is 0 Å². The first kappa shape index (κ1) is 16.9. The molecule has 1 fully saturated rings. The SMILES string of the molecule is COCc1cc(N2CCCC(n3cccn3)C2)nc(C(C)(C)C)n1. The van der Waals surface area contributed by atoms with E-state index in [1.165, 1.54) is 0 Å². The lowest BCUT2D eigenvalue weighted by Crippen LogP contribution is -2.38. The average Bonchev–Trinajstić information content (AvgIpc) is 3.09. The number of ether oxygens (including phenoxy) is 1. The van der Waals surface area contributed by atoms with Crippen molar-refractivity contribution in [3.63, 3.8) is 0 Å². The minimum Gasteiger partial charge on any atom is -0.378 e. The van der Waals surface area contributed by atoms with Gasteiger partial charge in [-0.1, -0.05) is 20.8 Å². The third kappa shape index (κ3) is 3.75. The first-order chi connectivity index (χ1) is 11.5. The molecule has 1 atom stereocenters. The van der Waals surface area contributed by atoms with Crippen LogP contribution in [0, 0.1) is 0 Å². The van der Waals surface area contributed by atoms with Gasteiger partial charge in [-0.15, -0.1) is 0 Å². The molecule has 0 aromatic carbocycles. The molecule has 6 nitrogen and oxygen atoms in total. The molecule has 3 heterocycles. The largest absolute Gasteiger partial charge is 0.378 e. The van der Waals surface area contributed by atoms with Crippen molar-refractivity contribution in [3.05, 3.63) is 36.0 Å². The van der Waals surface area contributed by atoms with Crippen molar-refractivity contribution >= 4 is 5.82 Å². The molecule has 2 aromatic heterocycles. The van der Waals surface area contributed by atoms with Crippen molar-refractivity contribution < 1.29 is 4.74 Å². The molecule has 0 amide bonds. The van der Waals surface area contributed by atoms with E-state index in [-0.39, 0.29) is 5.41 Å². The van der Waals surface area contributed by atoms with Crippen LogP contribution in [0.3, 0.4) is 0 Å². The van der Waals surface area contributed by atoms with Gasteiger partial charge in [0.15, 0.2) is 0 Å². The van der Waals surface area contributed by atoms with E-state index in [9.17, 15) is 0 Å². The van der Waals surface area contributed by atoms with Gasteiger partial charge < -0.3 is 9.64 Å². The fraction of sp³-hybridized carbons (Fsp3) is 0.611. The van der Waals surface area contributed by atoms with Gasteiger partial charge >= 0.3 is 0 Å². The third-order valence-corrected chi connectivity index (χ3v) is 4.35. The molecule has 130 valence electrons. The molecular formula is C18H27N5O. The van der Waals surface area contributed by atoms with Crippen molar-refractivity contribution in [1.29, 1.82) is 0 Å². The predicted molar refractivity (Wildman–Crippen MR) is 94.2 cm³/mol. The van der Waals surface area contributed by atoms with Gasteiger partial charge in [0.2, 0.25) is 0 Å². The van der Waals surface area contributed by atoms with E-state index in [1.54, 1.807) is 7.11 Å². The number of nitrogens with zero attached hydrogens (tertiary/aromatic N) is 5. The van der Waals surface area contributed by atoms with Gasteiger partial charge in [-0.3, -0.25) is 4.68 Å². The molecule has 1 saturated heterocycles. The standard InChI is InChI=1S/C18H27N5O/c1-18(2,3)17-20-14(13-24-4)11-16(21-17)22-9-5-7-15(12-22)23-10-6-8-19-23/h6,8,10-11,15H,5,7,9,12-13H2,1-4H3. The Balaban J connectivity index is 1.88. The van der Waals surface area contributed by atoms with E-state index < -0.39 is 0 Å². The van der Waals surface area contributed by atoms with Crippen LogP contribution in [0.1, 0.15) is 51.2 Å². The summed E-state index contributed by atoms with van der Waals surface area (Å²) in [6.07, 6.45) is 6.18. The number of rotatable bonds is 4. The number of hydrogen-bond donors (Lipinski definition) is 0. The summed E-state index contributed by atoms with van der Waals surface area (Å²) in [5.74, 6) is 1.87. The lowest BCUT2D eigenvalue weighted by molar-refractivity contribution is 0.181. The van der Waals surface area contributed by atoms with E-state index in [2.05, 4.69) is 46.5 Å². The Labute approximate surface area is 143 Å². The fourth-order valence-electron chi connectivity index (χ4n) is 3.08. The Morgan fingerprint density at radius 1 is 1.29 bits per heavy atom. The molecule has 0 N–H and O–H groups in total. The summed E-state index contributed by atoms with van der Waals surface area (Å²) < 4.78 is 7.36. The van der Waals surface area contributed by atoms with Gasteiger partial charge in [0, 0.05) is 44.1 Å². The highest BCUT2D eigenvalue weighted by Gasteiger charge is 2.25. The zero-order valence-electron chi connectivity index (χ0n) is 15.1. The maximum atomic E-state index is 5.30. The molecule has 0 radical (unpaired) electrons.